The lowest BCUT2D eigenvalue weighted by Gasteiger charge is -2.13. The molecular formula is C15H17ClN4. The number of halogens is 1. The standard InChI is InChI=1S/C15H17ClN4/c16-12-7-3-4-8-13(12)19-15-17-10-9-14(20-15)18-11-5-1-2-6-11/h3-4,7-11H,1-2,5-6H2,(H2,17,18,19,20). The number of nitrogens with zero attached hydrogens (tertiary/aromatic N) is 2. The first-order valence-electron chi connectivity index (χ1n) is 6.92. The smallest absolute Gasteiger partial charge is 0.229 e. The van der Waals surface area contributed by atoms with E-state index in [1.807, 2.05) is 30.3 Å². The van der Waals surface area contributed by atoms with Crippen molar-refractivity contribution in [3.05, 3.63) is 41.6 Å². The van der Waals surface area contributed by atoms with Crippen molar-refractivity contribution in [2.24, 2.45) is 0 Å². The van der Waals surface area contributed by atoms with Crippen molar-refractivity contribution in [3.63, 3.8) is 0 Å². The summed E-state index contributed by atoms with van der Waals surface area (Å²) in [4.78, 5) is 8.71. The van der Waals surface area contributed by atoms with E-state index in [1.165, 1.54) is 25.7 Å². The molecule has 1 aromatic carbocycles. The van der Waals surface area contributed by atoms with Crippen LogP contribution in [-0.4, -0.2) is 16.0 Å². The molecule has 4 nitrogen and oxygen atoms in total. The fraction of sp³-hybridized carbons (Fsp3) is 0.333. The molecule has 1 aromatic heterocycles. The van der Waals surface area contributed by atoms with Crippen LogP contribution in [0.2, 0.25) is 5.02 Å². The third kappa shape index (κ3) is 3.20. The Kier molecular flexibility index (Phi) is 4.02. The predicted molar refractivity (Wildman–Crippen MR) is 82.6 cm³/mol. The van der Waals surface area contributed by atoms with Crippen molar-refractivity contribution >= 4 is 29.1 Å². The maximum atomic E-state index is 6.12. The van der Waals surface area contributed by atoms with E-state index in [-0.39, 0.29) is 0 Å². The highest BCUT2D eigenvalue weighted by atomic mass is 35.5. The Balaban J connectivity index is 1.72. The number of hydrogen-bond donors (Lipinski definition) is 2. The monoisotopic (exact) mass is 288 g/mol. The van der Waals surface area contributed by atoms with Crippen LogP contribution in [0.4, 0.5) is 17.5 Å². The van der Waals surface area contributed by atoms with Crippen LogP contribution in [0, 0.1) is 0 Å². The SMILES string of the molecule is Clc1ccccc1Nc1nccc(NC2CCCC2)n1. The maximum absolute atomic E-state index is 6.12. The normalized spacial score (nSPS) is 15.2. The van der Waals surface area contributed by atoms with Crippen LogP contribution in [-0.2, 0) is 0 Å². The summed E-state index contributed by atoms with van der Waals surface area (Å²) in [5, 5.41) is 7.26. The first-order valence-corrected chi connectivity index (χ1v) is 7.30. The largest absolute Gasteiger partial charge is 0.367 e. The minimum Gasteiger partial charge on any atom is -0.367 e. The zero-order valence-electron chi connectivity index (χ0n) is 11.1. The van der Waals surface area contributed by atoms with E-state index < -0.39 is 0 Å². The molecule has 0 bridgehead atoms. The lowest BCUT2D eigenvalue weighted by Crippen LogP contribution is -2.15. The highest BCUT2D eigenvalue weighted by molar-refractivity contribution is 6.33. The summed E-state index contributed by atoms with van der Waals surface area (Å²) < 4.78 is 0. The molecule has 5 heteroatoms. The van der Waals surface area contributed by atoms with Gasteiger partial charge < -0.3 is 10.6 Å². The van der Waals surface area contributed by atoms with Gasteiger partial charge in [-0.15, -0.1) is 0 Å². The highest BCUT2D eigenvalue weighted by Gasteiger charge is 2.15. The molecule has 1 heterocycles. The Morgan fingerprint density at radius 2 is 1.90 bits per heavy atom. The molecule has 3 rings (SSSR count). The Morgan fingerprint density at radius 3 is 2.70 bits per heavy atom. The topological polar surface area (TPSA) is 49.8 Å². The molecule has 1 aliphatic rings. The van der Waals surface area contributed by atoms with E-state index in [2.05, 4.69) is 20.6 Å². The van der Waals surface area contributed by atoms with Gasteiger partial charge in [0, 0.05) is 12.2 Å². The molecule has 0 unspecified atom stereocenters. The summed E-state index contributed by atoms with van der Waals surface area (Å²) >= 11 is 6.12. The maximum Gasteiger partial charge on any atom is 0.229 e. The third-order valence-corrected chi connectivity index (χ3v) is 3.81. The number of hydrogen-bond acceptors (Lipinski definition) is 4. The van der Waals surface area contributed by atoms with E-state index in [9.17, 15) is 0 Å². The molecule has 0 spiro atoms. The van der Waals surface area contributed by atoms with Gasteiger partial charge in [0.25, 0.3) is 0 Å². The molecule has 1 fully saturated rings. The fourth-order valence-corrected chi connectivity index (χ4v) is 2.64. The van der Waals surface area contributed by atoms with E-state index in [0.29, 0.717) is 17.0 Å². The quantitative estimate of drug-likeness (QED) is 0.884. The number of rotatable bonds is 4. The van der Waals surface area contributed by atoms with Crippen molar-refractivity contribution in [1.82, 2.24) is 9.97 Å². The molecule has 2 aromatic rings. The van der Waals surface area contributed by atoms with Crippen molar-refractivity contribution < 1.29 is 0 Å². The summed E-state index contributed by atoms with van der Waals surface area (Å²) in [5.41, 5.74) is 0.812. The molecular weight excluding hydrogens is 272 g/mol. The van der Waals surface area contributed by atoms with E-state index in [0.717, 1.165) is 11.5 Å². The van der Waals surface area contributed by atoms with E-state index in [1.54, 1.807) is 6.20 Å². The van der Waals surface area contributed by atoms with Gasteiger partial charge in [0.05, 0.1) is 10.7 Å². The van der Waals surface area contributed by atoms with Crippen molar-refractivity contribution in [1.29, 1.82) is 0 Å². The number of anilines is 3. The van der Waals surface area contributed by atoms with Crippen LogP contribution in [0.5, 0.6) is 0 Å². The van der Waals surface area contributed by atoms with Gasteiger partial charge >= 0.3 is 0 Å². The zero-order valence-corrected chi connectivity index (χ0v) is 11.9. The second-order valence-electron chi connectivity index (χ2n) is 5.00. The molecule has 0 radical (unpaired) electrons. The lowest BCUT2D eigenvalue weighted by molar-refractivity contribution is 0.750. The van der Waals surface area contributed by atoms with Gasteiger partial charge in [0.2, 0.25) is 5.95 Å². The molecule has 104 valence electrons. The first kappa shape index (κ1) is 13.2. The number of para-hydroxylation sites is 1. The second-order valence-corrected chi connectivity index (χ2v) is 5.40. The Hall–Kier alpha value is -1.81. The molecule has 20 heavy (non-hydrogen) atoms. The van der Waals surface area contributed by atoms with Crippen LogP contribution in [0.25, 0.3) is 0 Å². The van der Waals surface area contributed by atoms with Crippen LogP contribution in [0.3, 0.4) is 0 Å². The minimum absolute atomic E-state index is 0.540. The zero-order chi connectivity index (χ0) is 13.8. The van der Waals surface area contributed by atoms with Gasteiger partial charge in [-0.05, 0) is 31.0 Å². The van der Waals surface area contributed by atoms with Crippen LogP contribution < -0.4 is 10.6 Å². The predicted octanol–water partition coefficient (Wildman–Crippen LogP) is 4.23. The van der Waals surface area contributed by atoms with Crippen molar-refractivity contribution in [2.45, 2.75) is 31.7 Å². The van der Waals surface area contributed by atoms with Gasteiger partial charge in [-0.3, -0.25) is 0 Å². The molecule has 1 saturated carbocycles. The number of aromatic nitrogens is 2. The summed E-state index contributed by atoms with van der Waals surface area (Å²) in [6.07, 6.45) is 6.79. The molecule has 0 aliphatic heterocycles. The number of nitrogens with one attached hydrogen (secondary N) is 2. The van der Waals surface area contributed by atoms with Crippen LogP contribution in [0.15, 0.2) is 36.5 Å². The van der Waals surface area contributed by atoms with Gasteiger partial charge in [0.1, 0.15) is 5.82 Å². The van der Waals surface area contributed by atoms with Gasteiger partial charge in [0.15, 0.2) is 0 Å². The second kappa shape index (κ2) is 6.09. The molecule has 0 atom stereocenters. The van der Waals surface area contributed by atoms with Crippen LogP contribution >= 0.6 is 11.6 Å². The lowest BCUT2D eigenvalue weighted by atomic mass is 10.2. The summed E-state index contributed by atoms with van der Waals surface area (Å²) in [7, 11) is 0. The van der Waals surface area contributed by atoms with Gasteiger partial charge in [-0.1, -0.05) is 36.6 Å². The highest BCUT2D eigenvalue weighted by Crippen LogP contribution is 2.24. The average Bonchev–Trinajstić information content (AvgIpc) is 2.95. The van der Waals surface area contributed by atoms with E-state index in [4.69, 9.17) is 11.6 Å². The average molecular weight is 289 g/mol. The van der Waals surface area contributed by atoms with Crippen molar-refractivity contribution in [2.75, 3.05) is 10.6 Å². The van der Waals surface area contributed by atoms with Crippen molar-refractivity contribution in [3.8, 4) is 0 Å². The summed E-state index contributed by atoms with van der Waals surface area (Å²) in [5.74, 6) is 1.42. The molecule has 2 N–H and O–H groups in total. The fourth-order valence-electron chi connectivity index (χ4n) is 2.46. The molecule has 1 aliphatic carbocycles. The van der Waals surface area contributed by atoms with Gasteiger partial charge in [-0.2, -0.15) is 4.98 Å². The summed E-state index contributed by atoms with van der Waals surface area (Å²) in [6, 6.07) is 10.0. The number of benzene rings is 1. The Bertz CT molecular complexity index is 582. The first-order chi connectivity index (χ1) is 9.81. The molecule has 0 amide bonds. The Labute approximate surface area is 123 Å². The van der Waals surface area contributed by atoms with Gasteiger partial charge in [-0.25, -0.2) is 4.98 Å². The van der Waals surface area contributed by atoms with E-state index >= 15 is 0 Å². The van der Waals surface area contributed by atoms with Crippen LogP contribution in [0.1, 0.15) is 25.7 Å². The minimum atomic E-state index is 0.540. The third-order valence-electron chi connectivity index (χ3n) is 3.48. The molecule has 0 saturated heterocycles. The Morgan fingerprint density at radius 1 is 1.10 bits per heavy atom. The summed E-state index contributed by atoms with van der Waals surface area (Å²) in [6.45, 7) is 0.